The van der Waals surface area contributed by atoms with Gasteiger partial charge in [-0.05, 0) is 6.07 Å². The Bertz CT molecular complexity index is 340. The Morgan fingerprint density at radius 2 is 2.00 bits per heavy atom. The van der Waals surface area contributed by atoms with Crippen LogP contribution in [-0.4, -0.2) is 4.92 Å². The molecule has 0 radical (unpaired) electrons. The summed E-state index contributed by atoms with van der Waals surface area (Å²) in [5.41, 5.74) is 9.01. The fraction of sp³-hybridized carbons (Fsp3) is 0. The SMILES string of the molecule is Nc1ccc([N+](=O)[O-])c(N)c1F. The van der Waals surface area contributed by atoms with E-state index in [1.54, 1.807) is 0 Å². The van der Waals surface area contributed by atoms with Gasteiger partial charge in [0.05, 0.1) is 10.6 Å². The molecule has 1 aromatic carbocycles. The number of hydrogen-bond acceptors (Lipinski definition) is 4. The van der Waals surface area contributed by atoms with Gasteiger partial charge in [-0.25, -0.2) is 4.39 Å². The van der Waals surface area contributed by atoms with Crippen molar-refractivity contribution in [2.45, 2.75) is 0 Å². The maximum atomic E-state index is 12.8. The van der Waals surface area contributed by atoms with Crippen molar-refractivity contribution < 1.29 is 9.31 Å². The number of anilines is 2. The molecule has 0 fully saturated rings. The van der Waals surface area contributed by atoms with Crippen LogP contribution in [0.4, 0.5) is 21.5 Å². The number of nitro groups is 1. The summed E-state index contributed by atoms with van der Waals surface area (Å²) in [6.45, 7) is 0. The molecule has 0 aliphatic carbocycles. The highest BCUT2D eigenvalue weighted by atomic mass is 19.1. The van der Waals surface area contributed by atoms with E-state index in [1.165, 1.54) is 0 Å². The molecule has 0 aliphatic heterocycles. The molecule has 0 saturated carbocycles. The zero-order chi connectivity index (χ0) is 9.30. The van der Waals surface area contributed by atoms with Crippen LogP contribution in [0.2, 0.25) is 0 Å². The first-order chi connectivity index (χ1) is 5.54. The van der Waals surface area contributed by atoms with E-state index in [0.717, 1.165) is 12.1 Å². The predicted octanol–water partition coefficient (Wildman–Crippen LogP) is 0.898. The van der Waals surface area contributed by atoms with Gasteiger partial charge in [0.25, 0.3) is 5.69 Å². The average molecular weight is 171 g/mol. The molecule has 1 aromatic rings. The molecule has 0 saturated heterocycles. The quantitative estimate of drug-likeness (QED) is 0.372. The summed E-state index contributed by atoms with van der Waals surface area (Å²) in [6, 6.07) is 2.16. The van der Waals surface area contributed by atoms with Crippen LogP contribution in [0.15, 0.2) is 12.1 Å². The minimum Gasteiger partial charge on any atom is -0.396 e. The summed E-state index contributed by atoms with van der Waals surface area (Å²) in [4.78, 5) is 9.44. The first-order valence-electron chi connectivity index (χ1n) is 3.02. The fourth-order valence-corrected chi connectivity index (χ4v) is 0.759. The summed E-state index contributed by atoms with van der Waals surface area (Å²) in [5.74, 6) is -0.941. The van der Waals surface area contributed by atoms with Gasteiger partial charge in [0.15, 0.2) is 5.82 Å². The summed E-state index contributed by atoms with van der Waals surface area (Å²) in [5, 5.41) is 10.2. The van der Waals surface area contributed by atoms with Gasteiger partial charge in [0.2, 0.25) is 0 Å². The van der Waals surface area contributed by atoms with E-state index in [1.807, 2.05) is 0 Å². The first-order valence-corrected chi connectivity index (χ1v) is 3.02. The standard InChI is InChI=1S/C6H6FN3O2/c7-5-3(8)1-2-4(6(5)9)10(11)12/h1-2H,8-9H2. The summed E-state index contributed by atoms with van der Waals surface area (Å²) in [7, 11) is 0. The van der Waals surface area contributed by atoms with Crippen LogP contribution >= 0.6 is 0 Å². The van der Waals surface area contributed by atoms with Gasteiger partial charge in [0.1, 0.15) is 5.69 Å². The monoisotopic (exact) mass is 171 g/mol. The number of nitrogens with zero attached hydrogens (tertiary/aromatic N) is 1. The summed E-state index contributed by atoms with van der Waals surface area (Å²) < 4.78 is 12.8. The number of hydrogen-bond donors (Lipinski definition) is 2. The number of nitrogen functional groups attached to an aromatic ring is 2. The van der Waals surface area contributed by atoms with Gasteiger partial charge in [-0.15, -0.1) is 0 Å². The van der Waals surface area contributed by atoms with E-state index in [2.05, 4.69) is 0 Å². The van der Waals surface area contributed by atoms with Gasteiger partial charge >= 0.3 is 0 Å². The van der Waals surface area contributed by atoms with Crippen molar-refractivity contribution in [3.05, 3.63) is 28.1 Å². The molecule has 0 aliphatic rings. The van der Waals surface area contributed by atoms with Gasteiger partial charge in [-0.1, -0.05) is 0 Å². The van der Waals surface area contributed by atoms with Crippen molar-refractivity contribution in [1.29, 1.82) is 0 Å². The Kier molecular flexibility index (Phi) is 1.82. The smallest absolute Gasteiger partial charge is 0.295 e. The number of nitrogens with two attached hydrogens (primary N) is 2. The Morgan fingerprint density at radius 3 is 2.50 bits per heavy atom. The second kappa shape index (κ2) is 2.65. The van der Waals surface area contributed by atoms with Gasteiger partial charge in [-0.3, -0.25) is 10.1 Å². The molecule has 5 nitrogen and oxygen atoms in total. The lowest BCUT2D eigenvalue weighted by Crippen LogP contribution is -2.01. The van der Waals surface area contributed by atoms with Crippen LogP contribution < -0.4 is 11.5 Å². The lowest BCUT2D eigenvalue weighted by molar-refractivity contribution is -0.384. The Balaban J connectivity index is 3.36. The molecular formula is C6H6FN3O2. The van der Waals surface area contributed by atoms with Crippen LogP contribution in [0.3, 0.4) is 0 Å². The number of nitro benzene ring substituents is 1. The zero-order valence-electron chi connectivity index (χ0n) is 5.95. The highest BCUT2D eigenvalue weighted by molar-refractivity contribution is 5.65. The fourth-order valence-electron chi connectivity index (χ4n) is 0.759. The molecule has 0 amide bonds. The van der Waals surface area contributed by atoms with E-state index in [4.69, 9.17) is 11.5 Å². The van der Waals surface area contributed by atoms with Crippen molar-refractivity contribution in [1.82, 2.24) is 0 Å². The van der Waals surface area contributed by atoms with Crippen LogP contribution in [0.5, 0.6) is 0 Å². The zero-order valence-corrected chi connectivity index (χ0v) is 5.95. The molecule has 0 unspecified atom stereocenters. The third-order valence-electron chi connectivity index (χ3n) is 1.38. The molecule has 64 valence electrons. The van der Waals surface area contributed by atoms with Crippen LogP contribution in [0, 0.1) is 15.9 Å². The minimum atomic E-state index is -0.941. The second-order valence-electron chi connectivity index (χ2n) is 2.16. The van der Waals surface area contributed by atoms with Crippen LogP contribution in [0.25, 0.3) is 0 Å². The van der Waals surface area contributed by atoms with Gasteiger partial charge in [0, 0.05) is 6.07 Å². The maximum Gasteiger partial charge on any atom is 0.295 e. The Labute approximate surface area is 66.9 Å². The predicted molar refractivity (Wildman–Crippen MR) is 41.9 cm³/mol. The Hall–Kier alpha value is -1.85. The maximum absolute atomic E-state index is 12.8. The molecule has 0 atom stereocenters. The molecule has 6 heteroatoms. The number of halogens is 1. The van der Waals surface area contributed by atoms with E-state index < -0.39 is 22.1 Å². The van der Waals surface area contributed by atoms with E-state index in [9.17, 15) is 14.5 Å². The molecule has 1 rings (SSSR count). The molecule has 4 N–H and O–H groups in total. The van der Waals surface area contributed by atoms with Crippen LogP contribution in [-0.2, 0) is 0 Å². The van der Waals surface area contributed by atoms with Crippen molar-refractivity contribution in [2.24, 2.45) is 0 Å². The Morgan fingerprint density at radius 1 is 1.42 bits per heavy atom. The van der Waals surface area contributed by atoms with Gasteiger partial charge < -0.3 is 11.5 Å². The molecule has 0 spiro atoms. The van der Waals surface area contributed by atoms with Crippen molar-refractivity contribution in [2.75, 3.05) is 11.5 Å². The average Bonchev–Trinajstić information content (AvgIpc) is 2.00. The molecular weight excluding hydrogens is 165 g/mol. The van der Waals surface area contributed by atoms with Crippen molar-refractivity contribution in [3.63, 3.8) is 0 Å². The largest absolute Gasteiger partial charge is 0.396 e. The second-order valence-corrected chi connectivity index (χ2v) is 2.16. The lowest BCUT2D eigenvalue weighted by atomic mass is 10.2. The highest BCUT2D eigenvalue weighted by Gasteiger charge is 2.16. The normalized spacial score (nSPS) is 9.75. The topological polar surface area (TPSA) is 95.2 Å². The molecule has 0 aromatic heterocycles. The van der Waals surface area contributed by atoms with Gasteiger partial charge in [-0.2, -0.15) is 0 Å². The van der Waals surface area contributed by atoms with Crippen molar-refractivity contribution in [3.8, 4) is 0 Å². The highest BCUT2D eigenvalue weighted by Crippen LogP contribution is 2.27. The van der Waals surface area contributed by atoms with Crippen LogP contribution in [0.1, 0.15) is 0 Å². The van der Waals surface area contributed by atoms with Crippen molar-refractivity contribution >= 4 is 17.1 Å². The third kappa shape index (κ3) is 1.14. The number of benzene rings is 1. The molecule has 0 bridgehead atoms. The molecule has 12 heavy (non-hydrogen) atoms. The van der Waals surface area contributed by atoms with E-state index in [-0.39, 0.29) is 5.69 Å². The third-order valence-corrected chi connectivity index (χ3v) is 1.38. The summed E-state index contributed by atoms with van der Waals surface area (Å²) >= 11 is 0. The summed E-state index contributed by atoms with van der Waals surface area (Å²) in [6.07, 6.45) is 0. The lowest BCUT2D eigenvalue weighted by Gasteiger charge is -2.00. The van der Waals surface area contributed by atoms with E-state index >= 15 is 0 Å². The molecule has 0 heterocycles. The number of rotatable bonds is 1. The minimum absolute atomic E-state index is 0.196. The van der Waals surface area contributed by atoms with E-state index in [0.29, 0.717) is 0 Å². The first kappa shape index (κ1) is 8.25.